The summed E-state index contributed by atoms with van der Waals surface area (Å²) in [6.45, 7) is 3.92. The van der Waals surface area contributed by atoms with E-state index in [4.69, 9.17) is 9.52 Å². The molecule has 1 amide bonds. The number of carboxylic acid groups (broad SMARTS) is 1. The third-order valence-electron chi connectivity index (χ3n) is 4.16. The van der Waals surface area contributed by atoms with E-state index < -0.39 is 11.9 Å². The molecule has 0 atom stereocenters. The van der Waals surface area contributed by atoms with E-state index in [0.29, 0.717) is 11.3 Å². The molecule has 0 unspecified atom stereocenters. The van der Waals surface area contributed by atoms with Gasteiger partial charge in [0.1, 0.15) is 5.58 Å². The maximum atomic E-state index is 12.4. The largest absolute Gasteiger partial charge is 0.478 e. The lowest BCUT2D eigenvalue weighted by Gasteiger charge is -2.08. The van der Waals surface area contributed by atoms with Crippen LogP contribution in [0.25, 0.3) is 17.0 Å². The predicted octanol–water partition coefficient (Wildman–Crippen LogP) is 3.76. The Hall–Kier alpha value is -3.67. The topological polar surface area (TPSA) is 96.6 Å². The summed E-state index contributed by atoms with van der Waals surface area (Å²) in [6, 6.07) is 11.3. The summed E-state index contributed by atoms with van der Waals surface area (Å²) in [5.41, 5.74) is 3.17. The Morgan fingerprint density at radius 2 is 1.81 bits per heavy atom. The molecule has 0 radical (unpaired) electrons. The zero-order chi connectivity index (χ0) is 19.6. The Morgan fingerprint density at radius 3 is 2.52 bits per heavy atom. The van der Waals surface area contributed by atoms with Crippen LogP contribution in [0.1, 0.15) is 27.2 Å². The van der Waals surface area contributed by atoms with Gasteiger partial charge >= 0.3 is 5.97 Å². The first-order chi connectivity index (χ1) is 12.8. The SMILES string of the molecule is Cc1ccc(NC(=O)c2cc(=O)c3cc(/C=C/C(=O)O)ccc3o2)cc1C. The molecule has 0 saturated heterocycles. The van der Waals surface area contributed by atoms with Crippen LogP contribution in [0.4, 0.5) is 5.69 Å². The molecule has 2 N–H and O–H groups in total. The van der Waals surface area contributed by atoms with Crippen molar-refractivity contribution in [1.29, 1.82) is 0 Å². The summed E-state index contributed by atoms with van der Waals surface area (Å²) in [4.78, 5) is 35.4. The predicted molar refractivity (Wildman–Crippen MR) is 103 cm³/mol. The fourth-order valence-corrected chi connectivity index (χ4v) is 2.57. The average molecular weight is 363 g/mol. The second-order valence-electron chi connectivity index (χ2n) is 6.16. The van der Waals surface area contributed by atoms with Crippen LogP contribution in [0.3, 0.4) is 0 Å². The van der Waals surface area contributed by atoms with Gasteiger partial charge in [-0.05, 0) is 60.9 Å². The van der Waals surface area contributed by atoms with Gasteiger partial charge in [0, 0.05) is 17.8 Å². The number of benzene rings is 2. The van der Waals surface area contributed by atoms with Gasteiger partial charge in [0.2, 0.25) is 0 Å². The Balaban J connectivity index is 1.92. The second-order valence-corrected chi connectivity index (χ2v) is 6.16. The molecule has 0 spiro atoms. The van der Waals surface area contributed by atoms with Crippen LogP contribution in [0.15, 0.2) is 57.8 Å². The summed E-state index contributed by atoms with van der Waals surface area (Å²) in [7, 11) is 0. The molecule has 136 valence electrons. The fourth-order valence-electron chi connectivity index (χ4n) is 2.57. The number of fused-ring (bicyclic) bond motifs is 1. The van der Waals surface area contributed by atoms with Gasteiger partial charge in [-0.25, -0.2) is 4.79 Å². The number of aryl methyl sites for hydroxylation is 2. The fraction of sp³-hybridized carbons (Fsp3) is 0.0952. The highest BCUT2D eigenvalue weighted by Crippen LogP contribution is 2.18. The Kier molecular flexibility index (Phi) is 4.90. The molecule has 1 heterocycles. The Labute approximate surface area is 154 Å². The Morgan fingerprint density at radius 1 is 1.04 bits per heavy atom. The average Bonchev–Trinajstić information content (AvgIpc) is 2.63. The molecule has 6 heteroatoms. The maximum Gasteiger partial charge on any atom is 0.328 e. The van der Waals surface area contributed by atoms with Gasteiger partial charge in [-0.3, -0.25) is 9.59 Å². The summed E-state index contributed by atoms with van der Waals surface area (Å²) in [6.07, 6.45) is 2.36. The molecule has 27 heavy (non-hydrogen) atoms. The molecule has 0 aliphatic carbocycles. The standard InChI is InChI=1S/C21H17NO5/c1-12-3-6-15(9-13(12)2)22-21(26)19-11-17(23)16-10-14(5-8-20(24)25)4-7-18(16)27-19/h3-11H,1-2H3,(H,22,26)(H,24,25)/b8-5+. The maximum absolute atomic E-state index is 12.4. The molecular formula is C21H17NO5. The molecule has 0 fully saturated rings. The number of amides is 1. The van der Waals surface area contributed by atoms with Gasteiger partial charge in [0.15, 0.2) is 11.2 Å². The quantitative estimate of drug-likeness (QED) is 0.688. The van der Waals surface area contributed by atoms with E-state index in [1.165, 1.54) is 18.2 Å². The minimum Gasteiger partial charge on any atom is -0.478 e. The zero-order valence-corrected chi connectivity index (χ0v) is 14.8. The first-order valence-corrected chi connectivity index (χ1v) is 8.21. The van der Waals surface area contributed by atoms with E-state index in [1.54, 1.807) is 12.1 Å². The summed E-state index contributed by atoms with van der Waals surface area (Å²) in [5, 5.41) is 11.7. The highest BCUT2D eigenvalue weighted by Gasteiger charge is 2.13. The van der Waals surface area contributed by atoms with E-state index in [9.17, 15) is 14.4 Å². The molecule has 2 aromatic carbocycles. The van der Waals surface area contributed by atoms with Crippen molar-refractivity contribution in [2.45, 2.75) is 13.8 Å². The molecular weight excluding hydrogens is 346 g/mol. The molecule has 1 aromatic heterocycles. The number of hydrogen-bond donors (Lipinski definition) is 2. The monoisotopic (exact) mass is 363 g/mol. The van der Waals surface area contributed by atoms with Crippen LogP contribution < -0.4 is 10.7 Å². The number of anilines is 1. The summed E-state index contributed by atoms with van der Waals surface area (Å²) < 4.78 is 5.56. The highest BCUT2D eigenvalue weighted by atomic mass is 16.4. The lowest BCUT2D eigenvalue weighted by molar-refractivity contribution is -0.131. The summed E-state index contributed by atoms with van der Waals surface area (Å²) in [5.74, 6) is -1.70. The lowest BCUT2D eigenvalue weighted by atomic mass is 10.1. The molecule has 3 rings (SSSR count). The summed E-state index contributed by atoms with van der Waals surface area (Å²) >= 11 is 0. The number of aliphatic carboxylic acids is 1. The van der Waals surface area contributed by atoms with Crippen molar-refractivity contribution >= 4 is 34.6 Å². The first kappa shape index (κ1) is 18.1. The number of carbonyl (C=O) groups excluding carboxylic acids is 1. The van der Waals surface area contributed by atoms with Crippen molar-refractivity contribution in [1.82, 2.24) is 0 Å². The van der Waals surface area contributed by atoms with Crippen molar-refractivity contribution in [3.8, 4) is 0 Å². The molecule has 0 bridgehead atoms. The van der Waals surface area contributed by atoms with E-state index in [0.717, 1.165) is 23.3 Å². The van der Waals surface area contributed by atoms with Gasteiger partial charge in [-0.15, -0.1) is 0 Å². The van der Waals surface area contributed by atoms with Crippen LogP contribution in [0.5, 0.6) is 0 Å². The van der Waals surface area contributed by atoms with Crippen molar-refractivity contribution in [3.05, 3.63) is 81.2 Å². The molecule has 0 aliphatic heterocycles. The molecule has 0 saturated carbocycles. The number of carbonyl (C=O) groups is 2. The number of hydrogen-bond acceptors (Lipinski definition) is 4. The van der Waals surface area contributed by atoms with Crippen LogP contribution in [-0.4, -0.2) is 17.0 Å². The van der Waals surface area contributed by atoms with Crippen molar-refractivity contribution in [3.63, 3.8) is 0 Å². The van der Waals surface area contributed by atoms with Gasteiger partial charge < -0.3 is 14.8 Å². The lowest BCUT2D eigenvalue weighted by Crippen LogP contribution is -2.15. The normalized spacial score (nSPS) is 11.0. The van der Waals surface area contributed by atoms with E-state index in [1.807, 2.05) is 26.0 Å². The van der Waals surface area contributed by atoms with Crippen LogP contribution >= 0.6 is 0 Å². The zero-order valence-electron chi connectivity index (χ0n) is 14.8. The van der Waals surface area contributed by atoms with Gasteiger partial charge in [0.25, 0.3) is 5.91 Å². The minimum atomic E-state index is -1.08. The van der Waals surface area contributed by atoms with Crippen molar-refractivity contribution in [2.24, 2.45) is 0 Å². The number of carboxylic acids is 1. The van der Waals surface area contributed by atoms with Gasteiger partial charge in [-0.1, -0.05) is 12.1 Å². The first-order valence-electron chi connectivity index (χ1n) is 8.21. The highest BCUT2D eigenvalue weighted by molar-refractivity contribution is 6.03. The van der Waals surface area contributed by atoms with Crippen molar-refractivity contribution in [2.75, 3.05) is 5.32 Å². The Bertz CT molecular complexity index is 1140. The van der Waals surface area contributed by atoms with Crippen LogP contribution in [0.2, 0.25) is 0 Å². The van der Waals surface area contributed by atoms with Gasteiger partial charge in [-0.2, -0.15) is 0 Å². The third-order valence-corrected chi connectivity index (χ3v) is 4.16. The van der Waals surface area contributed by atoms with Crippen LogP contribution in [0, 0.1) is 13.8 Å². The van der Waals surface area contributed by atoms with Crippen molar-refractivity contribution < 1.29 is 19.1 Å². The minimum absolute atomic E-state index is 0.0976. The molecule has 3 aromatic rings. The smallest absolute Gasteiger partial charge is 0.328 e. The molecule has 6 nitrogen and oxygen atoms in total. The van der Waals surface area contributed by atoms with Crippen LogP contribution in [-0.2, 0) is 4.79 Å². The number of rotatable bonds is 4. The van der Waals surface area contributed by atoms with E-state index in [2.05, 4.69) is 5.32 Å². The van der Waals surface area contributed by atoms with E-state index >= 15 is 0 Å². The van der Waals surface area contributed by atoms with E-state index in [-0.39, 0.29) is 22.2 Å². The molecule has 0 aliphatic rings. The third kappa shape index (κ3) is 4.12. The van der Waals surface area contributed by atoms with Gasteiger partial charge in [0.05, 0.1) is 5.39 Å². The second kappa shape index (κ2) is 7.29. The number of nitrogens with one attached hydrogen (secondary N) is 1.